The first-order valence-corrected chi connectivity index (χ1v) is 9.32. The van der Waals surface area contributed by atoms with Crippen molar-refractivity contribution >= 4 is 29.5 Å². The molecule has 8 nitrogen and oxygen atoms in total. The molecule has 0 unspecified atom stereocenters. The van der Waals surface area contributed by atoms with E-state index in [0.29, 0.717) is 17.2 Å². The highest BCUT2D eigenvalue weighted by atomic mass is 35.5. The van der Waals surface area contributed by atoms with E-state index in [2.05, 4.69) is 4.98 Å². The number of hydrogen-bond donors (Lipinski definition) is 2. The molecule has 2 N–H and O–H groups in total. The Kier molecular flexibility index (Phi) is 9.00. The Balaban J connectivity index is 0.000000366. The number of carboxylic acids is 2. The van der Waals surface area contributed by atoms with Gasteiger partial charge >= 0.3 is 17.9 Å². The van der Waals surface area contributed by atoms with Crippen molar-refractivity contribution in [1.29, 1.82) is 0 Å². The van der Waals surface area contributed by atoms with Gasteiger partial charge in [0.15, 0.2) is 0 Å². The van der Waals surface area contributed by atoms with Crippen molar-refractivity contribution in [3.05, 3.63) is 90.0 Å². The molecule has 0 fully saturated rings. The summed E-state index contributed by atoms with van der Waals surface area (Å²) in [6.07, 6.45) is 6.05. The van der Waals surface area contributed by atoms with E-state index < -0.39 is 11.9 Å². The second-order valence-corrected chi connectivity index (χ2v) is 6.49. The predicted octanol–water partition coefficient (Wildman–Crippen LogP) is 3.66. The molecule has 0 bridgehead atoms. The Morgan fingerprint density at radius 3 is 2.19 bits per heavy atom. The van der Waals surface area contributed by atoms with Crippen molar-refractivity contribution in [2.75, 3.05) is 0 Å². The standard InChI is InChI=1S/C18H15ClN2O2.C4H4O4/c19-17-4-2-1-3-16(17)15-7-5-14(6-8-15)12-23-18(22)11-21-10-9-20-13-21;5-3(6)1-2-4(7)8/h1-10,13H,11-12H2;1-2H,(H,5,6)(H,7,8). The first kappa shape index (κ1) is 23.4. The maximum absolute atomic E-state index is 11.7. The molecular formula is C22H19ClN2O6. The van der Waals surface area contributed by atoms with E-state index in [1.807, 2.05) is 48.5 Å². The van der Waals surface area contributed by atoms with Crippen LogP contribution in [0.25, 0.3) is 11.1 Å². The van der Waals surface area contributed by atoms with Crippen LogP contribution in [0.4, 0.5) is 0 Å². The summed E-state index contributed by atoms with van der Waals surface area (Å²) in [4.78, 5) is 34.7. The lowest BCUT2D eigenvalue weighted by Gasteiger charge is -2.08. The summed E-state index contributed by atoms with van der Waals surface area (Å²) in [5.41, 5.74) is 2.95. The number of nitrogens with zero attached hydrogens (tertiary/aromatic N) is 2. The minimum Gasteiger partial charge on any atom is -0.478 e. The van der Waals surface area contributed by atoms with Gasteiger partial charge in [-0.2, -0.15) is 0 Å². The van der Waals surface area contributed by atoms with E-state index in [-0.39, 0.29) is 19.1 Å². The summed E-state index contributed by atoms with van der Waals surface area (Å²) >= 11 is 6.19. The highest BCUT2D eigenvalue weighted by Gasteiger charge is 2.06. The fourth-order valence-electron chi connectivity index (χ4n) is 2.36. The SMILES string of the molecule is O=C(Cn1ccnc1)OCc1ccc(-c2ccccc2Cl)cc1.O=C(O)C=CC(=O)O. The van der Waals surface area contributed by atoms with Crippen molar-refractivity contribution < 1.29 is 29.3 Å². The van der Waals surface area contributed by atoms with E-state index in [9.17, 15) is 14.4 Å². The Bertz CT molecular complexity index is 1030. The topological polar surface area (TPSA) is 119 Å². The zero-order valence-corrected chi connectivity index (χ0v) is 17.0. The van der Waals surface area contributed by atoms with Crippen LogP contribution in [0.2, 0.25) is 5.02 Å². The van der Waals surface area contributed by atoms with Crippen molar-refractivity contribution in [3.8, 4) is 11.1 Å². The summed E-state index contributed by atoms with van der Waals surface area (Å²) in [5.74, 6) is -2.81. The van der Waals surface area contributed by atoms with Crippen molar-refractivity contribution in [3.63, 3.8) is 0 Å². The monoisotopic (exact) mass is 442 g/mol. The Morgan fingerprint density at radius 1 is 1.00 bits per heavy atom. The maximum atomic E-state index is 11.7. The molecular weight excluding hydrogens is 424 g/mol. The quantitative estimate of drug-likeness (QED) is 0.423. The molecule has 1 aromatic heterocycles. The van der Waals surface area contributed by atoms with Gasteiger partial charge < -0.3 is 19.5 Å². The minimum absolute atomic E-state index is 0.164. The molecule has 0 saturated carbocycles. The van der Waals surface area contributed by atoms with Crippen LogP contribution >= 0.6 is 11.6 Å². The third-order valence-electron chi connectivity index (χ3n) is 3.78. The van der Waals surface area contributed by atoms with Gasteiger partial charge in [0, 0.05) is 35.1 Å². The van der Waals surface area contributed by atoms with E-state index in [1.54, 1.807) is 23.3 Å². The summed E-state index contributed by atoms with van der Waals surface area (Å²) in [7, 11) is 0. The second kappa shape index (κ2) is 11.9. The van der Waals surface area contributed by atoms with Crippen LogP contribution in [0, 0.1) is 0 Å². The Hall–Kier alpha value is -3.91. The molecule has 0 aliphatic heterocycles. The molecule has 9 heteroatoms. The minimum atomic E-state index is -1.26. The number of imidazole rings is 1. The van der Waals surface area contributed by atoms with Gasteiger partial charge in [-0.05, 0) is 17.2 Å². The first-order chi connectivity index (χ1) is 14.8. The smallest absolute Gasteiger partial charge is 0.328 e. The average molecular weight is 443 g/mol. The van der Waals surface area contributed by atoms with Gasteiger partial charge in [-0.1, -0.05) is 54.1 Å². The lowest BCUT2D eigenvalue weighted by atomic mass is 10.0. The molecule has 0 aliphatic rings. The van der Waals surface area contributed by atoms with Gasteiger partial charge in [0.25, 0.3) is 0 Å². The number of esters is 1. The van der Waals surface area contributed by atoms with Crippen molar-refractivity contribution in [1.82, 2.24) is 9.55 Å². The van der Waals surface area contributed by atoms with Gasteiger partial charge in [0.05, 0.1) is 6.33 Å². The highest BCUT2D eigenvalue weighted by molar-refractivity contribution is 6.33. The molecule has 160 valence electrons. The van der Waals surface area contributed by atoms with E-state index in [4.69, 9.17) is 26.6 Å². The van der Waals surface area contributed by atoms with Gasteiger partial charge in [-0.25, -0.2) is 14.6 Å². The second-order valence-electron chi connectivity index (χ2n) is 6.08. The van der Waals surface area contributed by atoms with Crippen LogP contribution in [0.15, 0.2) is 79.4 Å². The molecule has 0 saturated heterocycles. The van der Waals surface area contributed by atoms with E-state index in [1.165, 1.54) is 0 Å². The maximum Gasteiger partial charge on any atom is 0.328 e. The molecule has 0 atom stereocenters. The molecule has 3 rings (SSSR count). The zero-order chi connectivity index (χ0) is 22.6. The Labute approximate surface area is 183 Å². The zero-order valence-electron chi connectivity index (χ0n) is 16.2. The van der Waals surface area contributed by atoms with Gasteiger partial charge in [0.1, 0.15) is 13.2 Å². The predicted molar refractivity (Wildman–Crippen MR) is 113 cm³/mol. The fourth-order valence-corrected chi connectivity index (χ4v) is 2.60. The van der Waals surface area contributed by atoms with E-state index in [0.717, 1.165) is 16.7 Å². The molecule has 2 aromatic carbocycles. The molecule has 0 aliphatic carbocycles. The number of carbonyl (C=O) groups excluding carboxylic acids is 1. The fraction of sp³-hybridized carbons (Fsp3) is 0.0909. The summed E-state index contributed by atoms with van der Waals surface area (Å²) in [6, 6.07) is 15.5. The number of carboxylic acid groups (broad SMARTS) is 2. The largest absolute Gasteiger partial charge is 0.478 e. The molecule has 1 heterocycles. The first-order valence-electron chi connectivity index (χ1n) is 8.94. The number of halogens is 1. The van der Waals surface area contributed by atoms with E-state index >= 15 is 0 Å². The molecule has 0 spiro atoms. The number of aromatic nitrogens is 2. The molecule has 0 radical (unpaired) electrons. The van der Waals surface area contributed by atoms with Crippen LogP contribution in [0.5, 0.6) is 0 Å². The highest BCUT2D eigenvalue weighted by Crippen LogP contribution is 2.27. The molecule has 31 heavy (non-hydrogen) atoms. The molecule has 0 amide bonds. The normalized spacial score (nSPS) is 10.2. The third-order valence-corrected chi connectivity index (χ3v) is 4.11. The van der Waals surface area contributed by atoms with Crippen LogP contribution in [-0.2, 0) is 32.3 Å². The number of benzene rings is 2. The van der Waals surface area contributed by atoms with Crippen LogP contribution in [-0.4, -0.2) is 37.7 Å². The lowest BCUT2D eigenvalue weighted by molar-refractivity contribution is -0.145. The average Bonchev–Trinajstić information content (AvgIpc) is 3.25. The van der Waals surface area contributed by atoms with Crippen molar-refractivity contribution in [2.24, 2.45) is 0 Å². The number of ether oxygens (including phenoxy) is 1. The van der Waals surface area contributed by atoms with Crippen molar-refractivity contribution in [2.45, 2.75) is 13.2 Å². The van der Waals surface area contributed by atoms with Crippen LogP contribution in [0.1, 0.15) is 5.56 Å². The molecule has 3 aromatic rings. The lowest BCUT2D eigenvalue weighted by Crippen LogP contribution is -2.12. The summed E-state index contributed by atoms with van der Waals surface area (Å²) in [6.45, 7) is 0.411. The number of carbonyl (C=O) groups is 3. The van der Waals surface area contributed by atoms with Gasteiger partial charge in [-0.3, -0.25) is 4.79 Å². The third kappa shape index (κ3) is 8.55. The summed E-state index contributed by atoms with van der Waals surface area (Å²) < 4.78 is 6.93. The summed E-state index contributed by atoms with van der Waals surface area (Å²) in [5, 5.41) is 16.3. The van der Waals surface area contributed by atoms with Gasteiger partial charge in [-0.15, -0.1) is 0 Å². The number of hydrogen-bond acceptors (Lipinski definition) is 5. The van der Waals surface area contributed by atoms with Crippen LogP contribution in [0.3, 0.4) is 0 Å². The Morgan fingerprint density at radius 2 is 1.65 bits per heavy atom. The number of rotatable bonds is 7. The van der Waals surface area contributed by atoms with Crippen LogP contribution < -0.4 is 0 Å². The number of aliphatic carboxylic acids is 2. The van der Waals surface area contributed by atoms with Gasteiger partial charge in [0.2, 0.25) is 0 Å².